The highest BCUT2D eigenvalue weighted by Gasteiger charge is 2.26. The molecule has 0 unspecified atom stereocenters. The molecule has 0 saturated carbocycles. The number of thioether (sulfide) groups is 1. The average Bonchev–Trinajstić information content (AvgIpc) is 2.29. The minimum atomic E-state index is 0.553. The summed E-state index contributed by atoms with van der Waals surface area (Å²) in [5.41, 5.74) is 0.553. The van der Waals surface area contributed by atoms with E-state index >= 15 is 0 Å². The molecule has 0 bridgehead atoms. The summed E-state index contributed by atoms with van der Waals surface area (Å²) < 4.78 is 0. The normalized spacial score (nSPS) is 27.2. The van der Waals surface area contributed by atoms with Crippen molar-refractivity contribution in [3.05, 3.63) is 0 Å². The predicted octanol–water partition coefficient (Wildman–Crippen LogP) is 2.59. The van der Waals surface area contributed by atoms with Crippen molar-refractivity contribution in [2.75, 3.05) is 38.5 Å². The van der Waals surface area contributed by atoms with Crippen molar-refractivity contribution in [1.82, 2.24) is 10.2 Å². The van der Waals surface area contributed by atoms with Crippen molar-refractivity contribution in [1.29, 1.82) is 0 Å². The number of hydrogen-bond donors (Lipinski definition) is 1. The third kappa shape index (κ3) is 4.80. The molecule has 0 amide bonds. The molecule has 0 aliphatic carbocycles. The highest BCUT2D eigenvalue weighted by atomic mass is 32.2. The van der Waals surface area contributed by atoms with Gasteiger partial charge in [-0.3, -0.25) is 0 Å². The Hall–Kier alpha value is 0.270. The number of nitrogens with one attached hydrogen (secondary N) is 1. The van der Waals surface area contributed by atoms with Gasteiger partial charge in [0, 0.05) is 24.1 Å². The number of nitrogens with zero attached hydrogens (tertiary/aromatic N) is 1. The highest BCUT2D eigenvalue weighted by Crippen LogP contribution is 2.28. The van der Waals surface area contributed by atoms with Gasteiger partial charge in [0.1, 0.15) is 0 Å². The summed E-state index contributed by atoms with van der Waals surface area (Å²) in [5.74, 6) is 1.33. The number of likely N-dealkylation sites (tertiary alicyclic amines) is 1. The third-order valence-electron chi connectivity index (χ3n) is 4.03. The third-order valence-corrected chi connectivity index (χ3v) is 5.39. The van der Waals surface area contributed by atoms with Crippen molar-refractivity contribution >= 4 is 11.8 Å². The lowest BCUT2D eigenvalue weighted by molar-refractivity contribution is 0.124. The summed E-state index contributed by atoms with van der Waals surface area (Å²) in [4.78, 5) is 2.68. The van der Waals surface area contributed by atoms with Crippen LogP contribution in [0.4, 0.5) is 0 Å². The maximum absolute atomic E-state index is 3.44. The smallest absolute Gasteiger partial charge is 0.00727 e. The zero-order valence-electron chi connectivity index (χ0n) is 11.5. The monoisotopic (exact) mass is 256 g/mol. The molecule has 2 aliphatic heterocycles. The maximum atomic E-state index is 3.44. The fourth-order valence-corrected chi connectivity index (χ4v) is 4.31. The maximum Gasteiger partial charge on any atom is 0.00727 e. The van der Waals surface area contributed by atoms with Crippen LogP contribution >= 0.6 is 11.8 Å². The zero-order chi connectivity index (χ0) is 12.1. The summed E-state index contributed by atoms with van der Waals surface area (Å²) in [6.45, 7) is 11.2. The van der Waals surface area contributed by atoms with Crippen molar-refractivity contribution in [2.45, 2.75) is 44.8 Å². The van der Waals surface area contributed by atoms with Gasteiger partial charge in [0.2, 0.25) is 0 Å². The fourth-order valence-electron chi connectivity index (χ4n) is 3.05. The summed E-state index contributed by atoms with van der Waals surface area (Å²) in [6, 6.07) is 0. The Bertz CT molecular complexity index is 224. The van der Waals surface area contributed by atoms with E-state index in [0.717, 1.165) is 5.25 Å². The van der Waals surface area contributed by atoms with Crippen LogP contribution in [0.1, 0.15) is 39.5 Å². The second-order valence-corrected chi connectivity index (χ2v) is 7.77. The number of rotatable bonds is 4. The topological polar surface area (TPSA) is 15.3 Å². The fraction of sp³-hybridized carbons (Fsp3) is 1.00. The standard InChI is InChI=1S/C14H28N2S/c1-14(2)6-3-9-16(12-14)10-11-17-13-4-7-15-8-5-13/h13,15H,3-12H2,1-2H3. The molecule has 2 heterocycles. The summed E-state index contributed by atoms with van der Waals surface area (Å²) >= 11 is 2.21. The van der Waals surface area contributed by atoms with Gasteiger partial charge in [-0.25, -0.2) is 0 Å². The van der Waals surface area contributed by atoms with Gasteiger partial charge in [-0.1, -0.05) is 13.8 Å². The van der Waals surface area contributed by atoms with Crippen LogP contribution in [0, 0.1) is 5.41 Å². The lowest BCUT2D eigenvalue weighted by Gasteiger charge is -2.38. The van der Waals surface area contributed by atoms with Crippen molar-refractivity contribution < 1.29 is 0 Å². The second kappa shape index (κ2) is 6.44. The molecule has 0 aromatic carbocycles. The van der Waals surface area contributed by atoms with Crippen LogP contribution in [0.2, 0.25) is 0 Å². The van der Waals surface area contributed by atoms with Crippen molar-refractivity contribution in [3.63, 3.8) is 0 Å². The van der Waals surface area contributed by atoms with Gasteiger partial charge in [0.05, 0.1) is 0 Å². The number of piperidine rings is 2. The molecular weight excluding hydrogens is 228 g/mol. The van der Waals surface area contributed by atoms with Crippen LogP contribution in [0.15, 0.2) is 0 Å². The molecule has 0 atom stereocenters. The summed E-state index contributed by atoms with van der Waals surface area (Å²) in [5, 5.41) is 4.37. The number of hydrogen-bond acceptors (Lipinski definition) is 3. The molecule has 0 spiro atoms. The summed E-state index contributed by atoms with van der Waals surface area (Å²) in [6.07, 6.45) is 5.54. The molecule has 2 fully saturated rings. The molecule has 0 radical (unpaired) electrons. The Kier molecular flexibility index (Phi) is 5.19. The van der Waals surface area contributed by atoms with E-state index in [1.54, 1.807) is 0 Å². The molecule has 17 heavy (non-hydrogen) atoms. The average molecular weight is 256 g/mol. The van der Waals surface area contributed by atoms with Gasteiger partial charge in [-0.2, -0.15) is 11.8 Å². The first kappa shape index (κ1) is 13.7. The van der Waals surface area contributed by atoms with Gasteiger partial charge < -0.3 is 10.2 Å². The Morgan fingerprint density at radius 1 is 1.29 bits per heavy atom. The zero-order valence-corrected chi connectivity index (χ0v) is 12.3. The van der Waals surface area contributed by atoms with Gasteiger partial charge in [0.15, 0.2) is 0 Å². The van der Waals surface area contributed by atoms with E-state index in [9.17, 15) is 0 Å². The van der Waals surface area contributed by atoms with E-state index in [4.69, 9.17) is 0 Å². The molecular formula is C14H28N2S. The van der Waals surface area contributed by atoms with E-state index in [1.807, 2.05) is 0 Å². The minimum Gasteiger partial charge on any atom is -0.317 e. The molecule has 2 saturated heterocycles. The molecule has 100 valence electrons. The van der Waals surface area contributed by atoms with E-state index in [0.29, 0.717) is 5.41 Å². The highest BCUT2D eigenvalue weighted by molar-refractivity contribution is 7.99. The first-order valence-electron chi connectivity index (χ1n) is 7.20. The SMILES string of the molecule is CC1(C)CCCN(CCSC2CCNCC2)C1. The van der Waals surface area contributed by atoms with E-state index in [2.05, 4.69) is 35.8 Å². The van der Waals surface area contributed by atoms with E-state index < -0.39 is 0 Å². The van der Waals surface area contributed by atoms with Gasteiger partial charge >= 0.3 is 0 Å². The Morgan fingerprint density at radius 3 is 2.76 bits per heavy atom. The first-order valence-corrected chi connectivity index (χ1v) is 8.25. The van der Waals surface area contributed by atoms with Crippen LogP contribution in [-0.2, 0) is 0 Å². The van der Waals surface area contributed by atoms with Crippen LogP contribution in [0.3, 0.4) is 0 Å². The Balaban J connectivity index is 1.61. The lowest BCUT2D eigenvalue weighted by Crippen LogP contribution is -2.41. The Labute approximate surface area is 111 Å². The molecule has 2 nitrogen and oxygen atoms in total. The van der Waals surface area contributed by atoms with Crippen LogP contribution in [0.25, 0.3) is 0 Å². The quantitative estimate of drug-likeness (QED) is 0.832. The van der Waals surface area contributed by atoms with Crippen LogP contribution in [0.5, 0.6) is 0 Å². The lowest BCUT2D eigenvalue weighted by atomic mass is 9.84. The van der Waals surface area contributed by atoms with Gasteiger partial charge in [0.25, 0.3) is 0 Å². The van der Waals surface area contributed by atoms with Crippen LogP contribution < -0.4 is 5.32 Å². The van der Waals surface area contributed by atoms with Crippen molar-refractivity contribution in [3.8, 4) is 0 Å². The molecule has 0 aromatic rings. The second-order valence-electron chi connectivity index (χ2n) is 6.36. The first-order chi connectivity index (χ1) is 8.16. The largest absolute Gasteiger partial charge is 0.317 e. The van der Waals surface area contributed by atoms with E-state index in [-0.39, 0.29) is 0 Å². The van der Waals surface area contributed by atoms with Gasteiger partial charge in [-0.15, -0.1) is 0 Å². The van der Waals surface area contributed by atoms with Crippen molar-refractivity contribution in [2.24, 2.45) is 5.41 Å². The molecule has 1 N–H and O–H groups in total. The van der Waals surface area contributed by atoms with Crippen LogP contribution in [-0.4, -0.2) is 48.6 Å². The Morgan fingerprint density at radius 2 is 2.06 bits per heavy atom. The van der Waals surface area contributed by atoms with Gasteiger partial charge in [-0.05, 0) is 50.7 Å². The molecule has 2 aliphatic rings. The molecule has 2 rings (SSSR count). The molecule has 3 heteroatoms. The molecule has 0 aromatic heterocycles. The predicted molar refractivity (Wildman–Crippen MR) is 77.8 cm³/mol. The summed E-state index contributed by atoms with van der Waals surface area (Å²) in [7, 11) is 0. The minimum absolute atomic E-state index is 0.553. The van der Waals surface area contributed by atoms with E-state index in [1.165, 1.54) is 64.2 Å².